The molecule has 0 fully saturated rings. The van der Waals surface area contributed by atoms with Crippen LogP contribution in [0.2, 0.25) is 0 Å². The van der Waals surface area contributed by atoms with Gasteiger partial charge in [0.05, 0.1) is 0 Å². The van der Waals surface area contributed by atoms with E-state index in [2.05, 4.69) is 20.8 Å². The number of carbonyl (C=O) groups excluding carboxylic acids is 3. The molecule has 0 rings (SSSR count). The molecule has 3 unspecified atom stereocenters. The Morgan fingerprint density at radius 2 is 0.622 bits per heavy atom. The van der Waals surface area contributed by atoms with Gasteiger partial charge in [-0.1, -0.05) is 120 Å². The molecule has 0 aliphatic heterocycles. The first-order valence-electron chi connectivity index (χ1n) is 14.3. The Balaban J connectivity index is -0.000000218. The predicted octanol–water partition coefficient (Wildman–Crippen LogP) is 5.20. The van der Waals surface area contributed by atoms with Crippen LogP contribution in [0.1, 0.15) is 159 Å². The first-order valence-corrected chi connectivity index (χ1v) is 14.3. The molecule has 0 aromatic rings. The summed E-state index contributed by atoms with van der Waals surface area (Å²) in [4.78, 5) is 32.4. The van der Waals surface area contributed by atoms with Crippen LogP contribution in [0.4, 0.5) is 0 Å². The van der Waals surface area contributed by atoms with E-state index in [0.717, 1.165) is 96.3 Å². The molecule has 0 saturated heterocycles. The molecule has 225 valence electrons. The van der Waals surface area contributed by atoms with E-state index in [-0.39, 0.29) is 37.3 Å². The minimum absolute atomic E-state index is 0. The molecule has 0 N–H and O–H groups in total. The monoisotopic (exact) mass is 679 g/mol. The van der Waals surface area contributed by atoms with Gasteiger partial charge in [-0.2, -0.15) is 0 Å². The van der Waals surface area contributed by atoms with Crippen LogP contribution < -0.4 is 15.3 Å². The Labute approximate surface area is 258 Å². The first-order chi connectivity index (χ1) is 16.7. The number of aliphatic carboxylic acids is 3. The van der Waals surface area contributed by atoms with Crippen molar-refractivity contribution >= 4 is 17.9 Å². The fourth-order valence-electron chi connectivity index (χ4n) is 4.34. The molecule has 0 bridgehead atoms. The van der Waals surface area contributed by atoms with Crippen LogP contribution in [0.25, 0.3) is 0 Å². The predicted molar refractivity (Wildman–Crippen MR) is 143 cm³/mol. The molecule has 37 heavy (non-hydrogen) atoms. The normalized spacial score (nSPS) is 15.2. The Kier molecular flexibility index (Phi) is 29.1. The van der Waals surface area contributed by atoms with Gasteiger partial charge in [0, 0.05) is 34.2 Å². The summed E-state index contributed by atoms with van der Waals surface area (Å²) < 4.78 is 0. The Bertz CT molecular complexity index is 516. The summed E-state index contributed by atoms with van der Waals surface area (Å²) in [5, 5.41) is 32.4. The largest absolute Gasteiger partial charge is 3.00 e. The minimum Gasteiger partial charge on any atom is -0.550 e. The molecule has 0 spiro atoms. The van der Waals surface area contributed by atoms with E-state index < -0.39 is 34.2 Å². The average Bonchev–Trinajstić information content (AvgIpc) is 2.81. The van der Waals surface area contributed by atoms with Gasteiger partial charge in [0.2, 0.25) is 0 Å². The van der Waals surface area contributed by atoms with Gasteiger partial charge < -0.3 is 29.7 Å². The van der Waals surface area contributed by atoms with E-state index in [9.17, 15) is 29.7 Å². The third-order valence-corrected chi connectivity index (χ3v) is 7.13. The van der Waals surface area contributed by atoms with E-state index in [1.165, 1.54) is 0 Å². The van der Waals surface area contributed by atoms with Crippen molar-refractivity contribution in [3.8, 4) is 0 Å². The minimum atomic E-state index is -0.891. The molecular weight excluding hydrogens is 624 g/mol. The van der Waals surface area contributed by atoms with E-state index in [1.807, 2.05) is 20.8 Å². The van der Waals surface area contributed by atoms with Crippen LogP contribution in [0.3, 0.4) is 0 Å². The average molecular weight is 681 g/mol. The van der Waals surface area contributed by atoms with Crippen LogP contribution in [-0.4, -0.2) is 17.9 Å². The second-order valence-electron chi connectivity index (χ2n) is 11.1. The van der Waals surface area contributed by atoms with Crippen LogP contribution in [0.5, 0.6) is 0 Å². The second-order valence-corrected chi connectivity index (χ2v) is 11.1. The van der Waals surface area contributed by atoms with Gasteiger partial charge in [-0.15, -0.1) is 0 Å². The van der Waals surface area contributed by atoms with Gasteiger partial charge in [-0.25, -0.2) is 0 Å². The molecule has 0 aliphatic carbocycles. The standard InChI is InChI=1S/3C10H20O2.Er/c3*1-4-6-8-10(3,7-5-2)9(11)12;/h3*4-8H2,1-3H3,(H,11,12);/q;;;+3/p-3. The van der Waals surface area contributed by atoms with Gasteiger partial charge in [0.1, 0.15) is 0 Å². The molecule has 6 nitrogen and oxygen atoms in total. The molecule has 3 atom stereocenters. The maximum absolute atomic E-state index is 10.8. The fraction of sp³-hybridized carbons (Fsp3) is 0.900. The van der Waals surface area contributed by atoms with Crippen LogP contribution in [-0.2, 0) is 14.4 Å². The number of carbonyl (C=O) groups is 3. The van der Waals surface area contributed by atoms with E-state index in [4.69, 9.17) is 0 Å². The summed E-state index contributed by atoms with van der Waals surface area (Å²) in [7, 11) is 0. The van der Waals surface area contributed by atoms with Crippen molar-refractivity contribution in [2.75, 3.05) is 0 Å². The molecule has 0 saturated carbocycles. The summed E-state index contributed by atoms with van der Waals surface area (Å²) in [6, 6.07) is 0. The second kappa shape index (κ2) is 24.7. The van der Waals surface area contributed by atoms with E-state index in [0.29, 0.717) is 0 Å². The van der Waals surface area contributed by atoms with Gasteiger partial charge >= 0.3 is 37.3 Å². The number of unbranched alkanes of at least 4 members (excludes halogenated alkanes) is 3. The Morgan fingerprint density at radius 3 is 0.730 bits per heavy atom. The Hall–Kier alpha value is -0.343. The van der Waals surface area contributed by atoms with Crippen LogP contribution in [0.15, 0.2) is 0 Å². The third kappa shape index (κ3) is 20.3. The Morgan fingerprint density at radius 1 is 0.432 bits per heavy atom. The topological polar surface area (TPSA) is 120 Å². The zero-order valence-corrected chi connectivity index (χ0v) is 27.2. The molecule has 0 amide bonds. The number of rotatable bonds is 18. The summed E-state index contributed by atoms with van der Waals surface area (Å²) in [5.41, 5.74) is -1.78. The molecular formula is C30H57ErO6. The fourth-order valence-corrected chi connectivity index (χ4v) is 4.34. The van der Waals surface area contributed by atoms with Crippen molar-refractivity contribution in [3.63, 3.8) is 0 Å². The van der Waals surface area contributed by atoms with Crippen molar-refractivity contribution in [2.45, 2.75) is 159 Å². The SMILES string of the molecule is CCCCC(C)(CCC)C(=O)[O-].CCCCC(C)(CCC)C(=O)[O-].CCCCC(C)(CCC)C(=O)[O-].[Er+3]. The zero-order valence-electron chi connectivity index (χ0n) is 25.3. The van der Waals surface area contributed by atoms with E-state index in [1.54, 1.807) is 20.8 Å². The van der Waals surface area contributed by atoms with Gasteiger partial charge in [-0.05, 0) is 38.5 Å². The van der Waals surface area contributed by atoms with Crippen molar-refractivity contribution in [1.82, 2.24) is 0 Å². The first kappa shape index (κ1) is 43.7. The van der Waals surface area contributed by atoms with E-state index >= 15 is 0 Å². The summed E-state index contributed by atoms with van der Waals surface area (Å²) in [5.74, 6) is -2.67. The summed E-state index contributed by atoms with van der Waals surface area (Å²) in [6.07, 6.45) is 13.3. The number of hydrogen-bond donors (Lipinski definition) is 0. The molecule has 0 aromatic heterocycles. The molecule has 1 radical (unpaired) electrons. The smallest absolute Gasteiger partial charge is 0.550 e. The van der Waals surface area contributed by atoms with Gasteiger partial charge in [-0.3, -0.25) is 0 Å². The van der Waals surface area contributed by atoms with Crippen molar-refractivity contribution in [1.29, 1.82) is 0 Å². The maximum atomic E-state index is 10.8. The number of carboxylic acids is 3. The quantitative estimate of drug-likeness (QED) is 0.196. The third-order valence-electron chi connectivity index (χ3n) is 7.13. The molecule has 0 aliphatic rings. The molecule has 7 heteroatoms. The molecule has 0 heterocycles. The van der Waals surface area contributed by atoms with Gasteiger partial charge in [0.25, 0.3) is 0 Å². The van der Waals surface area contributed by atoms with Crippen molar-refractivity contribution in [2.24, 2.45) is 16.2 Å². The zero-order chi connectivity index (χ0) is 28.8. The van der Waals surface area contributed by atoms with Crippen molar-refractivity contribution < 1.29 is 67.0 Å². The number of hydrogen-bond acceptors (Lipinski definition) is 6. The van der Waals surface area contributed by atoms with Crippen LogP contribution in [0, 0.1) is 53.6 Å². The number of carboxylic acid groups (broad SMARTS) is 3. The van der Waals surface area contributed by atoms with Gasteiger partial charge in [0.15, 0.2) is 0 Å². The maximum Gasteiger partial charge on any atom is 3.00 e. The van der Waals surface area contributed by atoms with Crippen molar-refractivity contribution in [3.05, 3.63) is 0 Å². The molecule has 0 aromatic carbocycles. The summed E-state index contributed by atoms with van der Waals surface area (Å²) in [6.45, 7) is 17.6. The van der Waals surface area contributed by atoms with Crippen LogP contribution >= 0.6 is 0 Å². The summed E-state index contributed by atoms with van der Waals surface area (Å²) >= 11 is 0.